The lowest BCUT2D eigenvalue weighted by Crippen LogP contribution is -2.45. The Bertz CT molecular complexity index is 530. The first-order valence-corrected chi connectivity index (χ1v) is 7.71. The minimum Gasteiger partial charge on any atom is -0.331 e. The molecule has 0 aromatic carbocycles. The largest absolute Gasteiger partial charge is 0.331 e. The second kappa shape index (κ2) is 6.81. The van der Waals surface area contributed by atoms with Crippen LogP contribution in [0, 0.1) is 5.92 Å². The number of nitrogens with zero attached hydrogens (tertiary/aromatic N) is 3. The van der Waals surface area contributed by atoms with E-state index in [4.69, 9.17) is 0 Å². The molecule has 3 amide bonds. The molecule has 7 heteroatoms. The number of rotatable bonds is 3. The third-order valence-corrected chi connectivity index (χ3v) is 3.99. The summed E-state index contributed by atoms with van der Waals surface area (Å²) in [6.45, 7) is 5.37. The number of carbonyl (C=O) groups is 2. The lowest BCUT2D eigenvalue weighted by atomic mass is 9.96. The van der Waals surface area contributed by atoms with Gasteiger partial charge < -0.3 is 15.1 Å². The van der Waals surface area contributed by atoms with Crippen LogP contribution in [0.2, 0.25) is 0 Å². The molecule has 2 heterocycles. The number of H-pyrrole nitrogens is 1. The number of urea groups is 1. The number of anilines is 1. The minimum atomic E-state index is -0.0644. The van der Waals surface area contributed by atoms with Crippen LogP contribution in [0.4, 0.5) is 10.6 Å². The van der Waals surface area contributed by atoms with E-state index in [1.165, 1.54) is 0 Å². The smallest absolute Gasteiger partial charge is 0.319 e. The number of aromatic amines is 1. The highest BCUT2D eigenvalue weighted by molar-refractivity contribution is 5.91. The fraction of sp³-hybridized carbons (Fsp3) is 0.667. The van der Waals surface area contributed by atoms with E-state index in [1.54, 1.807) is 23.9 Å². The Labute approximate surface area is 131 Å². The van der Waals surface area contributed by atoms with Gasteiger partial charge in [-0.05, 0) is 18.8 Å². The number of aromatic nitrogens is 2. The van der Waals surface area contributed by atoms with Crippen LogP contribution in [0.25, 0.3) is 0 Å². The minimum absolute atomic E-state index is 0.00716. The number of nitrogens with one attached hydrogen (secondary N) is 2. The van der Waals surface area contributed by atoms with Crippen LogP contribution in [0.5, 0.6) is 0 Å². The molecule has 7 nitrogen and oxygen atoms in total. The third kappa shape index (κ3) is 3.78. The lowest BCUT2D eigenvalue weighted by Gasteiger charge is -2.32. The van der Waals surface area contributed by atoms with Gasteiger partial charge in [-0.2, -0.15) is 5.10 Å². The van der Waals surface area contributed by atoms with Gasteiger partial charge in [0.15, 0.2) is 5.82 Å². The van der Waals surface area contributed by atoms with Gasteiger partial charge in [-0.3, -0.25) is 9.89 Å². The van der Waals surface area contributed by atoms with Crippen LogP contribution in [0.1, 0.15) is 38.3 Å². The summed E-state index contributed by atoms with van der Waals surface area (Å²) in [5.41, 5.74) is 1.00. The van der Waals surface area contributed by atoms with E-state index in [-0.39, 0.29) is 17.9 Å². The molecule has 0 aliphatic carbocycles. The molecule has 1 aliphatic rings. The monoisotopic (exact) mass is 307 g/mol. The third-order valence-electron chi connectivity index (χ3n) is 3.99. The number of piperidine rings is 1. The van der Waals surface area contributed by atoms with Crippen molar-refractivity contribution in [1.29, 1.82) is 0 Å². The van der Waals surface area contributed by atoms with Crippen molar-refractivity contribution in [2.75, 3.05) is 32.5 Å². The summed E-state index contributed by atoms with van der Waals surface area (Å²) >= 11 is 0. The van der Waals surface area contributed by atoms with Gasteiger partial charge in [-0.25, -0.2) is 4.79 Å². The summed E-state index contributed by atoms with van der Waals surface area (Å²) in [6, 6.07) is 1.88. The number of hydrogen-bond donors (Lipinski definition) is 2. The molecule has 1 fully saturated rings. The summed E-state index contributed by atoms with van der Waals surface area (Å²) in [5.74, 6) is 0.836. The van der Waals surface area contributed by atoms with Crippen LogP contribution in [-0.2, 0) is 4.79 Å². The molecule has 0 unspecified atom stereocenters. The molecule has 0 atom stereocenters. The Morgan fingerprint density at radius 3 is 2.50 bits per heavy atom. The standard InChI is InChI=1S/C15H25N5O2/c1-10(2)12-9-13(18-17-12)16-14(21)11-5-7-20(8-6-11)15(22)19(3)4/h9-11H,5-8H2,1-4H3,(H2,16,17,18,21). The van der Waals surface area contributed by atoms with Gasteiger partial charge in [0.2, 0.25) is 5.91 Å². The predicted molar refractivity (Wildman–Crippen MR) is 84.7 cm³/mol. The van der Waals surface area contributed by atoms with Gasteiger partial charge in [0, 0.05) is 44.9 Å². The van der Waals surface area contributed by atoms with Gasteiger partial charge in [0.1, 0.15) is 0 Å². The Kier molecular flexibility index (Phi) is 5.05. The number of hydrogen-bond acceptors (Lipinski definition) is 3. The molecule has 1 aromatic rings. The van der Waals surface area contributed by atoms with E-state index in [9.17, 15) is 9.59 Å². The van der Waals surface area contributed by atoms with Crippen molar-refractivity contribution in [1.82, 2.24) is 20.0 Å². The van der Waals surface area contributed by atoms with Crippen LogP contribution in [0.3, 0.4) is 0 Å². The Morgan fingerprint density at radius 2 is 2.00 bits per heavy atom. The van der Waals surface area contributed by atoms with Crippen LogP contribution >= 0.6 is 0 Å². The zero-order valence-corrected chi connectivity index (χ0v) is 13.7. The highest BCUT2D eigenvalue weighted by atomic mass is 16.2. The number of likely N-dealkylation sites (tertiary alicyclic amines) is 1. The Balaban J connectivity index is 1.85. The maximum absolute atomic E-state index is 12.3. The molecule has 0 spiro atoms. The summed E-state index contributed by atoms with van der Waals surface area (Å²) in [5, 5.41) is 9.89. The van der Waals surface area contributed by atoms with Crippen molar-refractivity contribution in [2.45, 2.75) is 32.6 Å². The van der Waals surface area contributed by atoms with Gasteiger partial charge in [0.05, 0.1) is 0 Å². The second-order valence-electron chi connectivity index (χ2n) is 6.29. The molecule has 1 aliphatic heterocycles. The SMILES string of the molecule is CC(C)c1cc(NC(=O)C2CCN(C(=O)N(C)C)CC2)n[nH]1. The normalized spacial score (nSPS) is 16.0. The number of amides is 3. The van der Waals surface area contributed by atoms with Crippen LogP contribution in [-0.4, -0.2) is 59.1 Å². The summed E-state index contributed by atoms with van der Waals surface area (Å²) in [4.78, 5) is 27.5. The zero-order chi connectivity index (χ0) is 16.3. The van der Waals surface area contributed by atoms with Crippen molar-refractivity contribution in [3.05, 3.63) is 11.8 Å². The first-order chi connectivity index (χ1) is 10.4. The van der Waals surface area contributed by atoms with Gasteiger partial charge in [-0.15, -0.1) is 0 Å². The van der Waals surface area contributed by atoms with E-state index in [2.05, 4.69) is 29.4 Å². The van der Waals surface area contributed by atoms with E-state index in [1.807, 2.05) is 6.07 Å². The Hall–Kier alpha value is -2.05. The van der Waals surface area contributed by atoms with Crippen molar-refractivity contribution in [2.24, 2.45) is 5.92 Å². The molecular weight excluding hydrogens is 282 g/mol. The summed E-state index contributed by atoms with van der Waals surface area (Å²) in [7, 11) is 3.48. The van der Waals surface area contributed by atoms with E-state index in [0.717, 1.165) is 5.69 Å². The van der Waals surface area contributed by atoms with E-state index < -0.39 is 0 Å². The molecule has 22 heavy (non-hydrogen) atoms. The molecule has 2 rings (SSSR count). The van der Waals surface area contributed by atoms with Crippen molar-refractivity contribution >= 4 is 17.8 Å². The van der Waals surface area contributed by atoms with Crippen molar-refractivity contribution < 1.29 is 9.59 Å². The van der Waals surface area contributed by atoms with Crippen LogP contribution in [0.15, 0.2) is 6.07 Å². The maximum Gasteiger partial charge on any atom is 0.319 e. The molecule has 0 saturated carbocycles. The summed E-state index contributed by atoms with van der Waals surface area (Å²) in [6.07, 6.45) is 1.37. The first-order valence-electron chi connectivity index (χ1n) is 7.71. The maximum atomic E-state index is 12.3. The van der Waals surface area contributed by atoms with Crippen LogP contribution < -0.4 is 5.32 Å². The quantitative estimate of drug-likeness (QED) is 0.894. The molecule has 1 saturated heterocycles. The number of carbonyl (C=O) groups excluding carboxylic acids is 2. The summed E-state index contributed by atoms with van der Waals surface area (Å²) < 4.78 is 0. The molecule has 122 valence electrons. The van der Waals surface area contributed by atoms with Gasteiger partial charge >= 0.3 is 6.03 Å². The average molecular weight is 307 g/mol. The van der Waals surface area contributed by atoms with Crippen molar-refractivity contribution in [3.8, 4) is 0 Å². The molecule has 0 bridgehead atoms. The topological polar surface area (TPSA) is 81.3 Å². The second-order valence-corrected chi connectivity index (χ2v) is 6.29. The molecular formula is C15H25N5O2. The first kappa shape index (κ1) is 16.3. The van der Waals surface area contributed by atoms with E-state index in [0.29, 0.717) is 37.7 Å². The van der Waals surface area contributed by atoms with Gasteiger partial charge in [0.25, 0.3) is 0 Å². The molecule has 1 aromatic heterocycles. The van der Waals surface area contributed by atoms with E-state index >= 15 is 0 Å². The fourth-order valence-corrected chi connectivity index (χ4v) is 2.54. The fourth-order valence-electron chi connectivity index (χ4n) is 2.54. The predicted octanol–water partition coefficient (Wildman–Crippen LogP) is 1.87. The lowest BCUT2D eigenvalue weighted by molar-refractivity contribution is -0.121. The highest BCUT2D eigenvalue weighted by Crippen LogP contribution is 2.21. The Morgan fingerprint density at radius 1 is 1.36 bits per heavy atom. The highest BCUT2D eigenvalue weighted by Gasteiger charge is 2.28. The average Bonchev–Trinajstić information content (AvgIpc) is 2.95. The zero-order valence-electron chi connectivity index (χ0n) is 13.7. The molecule has 0 radical (unpaired) electrons. The van der Waals surface area contributed by atoms with Gasteiger partial charge in [-0.1, -0.05) is 13.8 Å². The molecule has 2 N–H and O–H groups in total. The van der Waals surface area contributed by atoms with Crippen molar-refractivity contribution in [3.63, 3.8) is 0 Å².